The van der Waals surface area contributed by atoms with E-state index in [1.165, 1.54) is 6.07 Å². The first-order valence-corrected chi connectivity index (χ1v) is 8.06. The number of hydrogen-bond donors (Lipinski definition) is 1. The minimum absolute atomic E-state index is 0.211. The lowest BCUT2D eigenvalue weighted by Gasteiger charge is -2.44. The Labute approximate surface area is 145 Å². The zero-order valence-corrected chi connectivity index (χ0v) is 14.3. The van der Waals surface area contributed by atoms with E-state index >= 15 is 8.78 Å². The highest BCUT2D eigenvalue weighted by molar-refractivity contribution is 5.75. The number of benzene rings is 1. The molecule has 0 radical (unpaired) electrons. The molecule has 0 spiro atoms. The molecule has 2 heterocycles. The molecule has 25 heavy (non-hydrogen) atoms. The minimum Gasteiger partial charge on any atom is -0.377 e. The van der Waals surface area contributed by atoms with Crippen molar-refractivity contribution in [2.75, 3.05) is 11.9 Å². The van der Waals surface area contributed by atoms with Crippen LogP contribution in [0, 0.1) is 11.3 Å². The Kier molecular flexibility index (Phi) is 4.21. The first-order chi connectivity index (χ1) is 11.8. The van der Waals surface area contributed by atoms with Crippen molar-refractivity contribution in [1.29, 1.82) is 5.26 Å². The average Bonchev–Trinajstić information content (AvgIpc) is 2.57. The number of rotatable bonds is 4. The summed E-state index contributed by atoms with van der Waals surface area (Å²) in [5.74, 6) is -2.75. The second kappa shape index (κ2) is 6.08. The SMILES string of the molecule is CC(C)OC[C@@]1(C(C)(F)F)c2cc(C#N)ccc2Nc2ncccc21. The van der Waals surface area contributed by atoms with Gasteiger partial charge in [0.15, 0.2) is 0 Å². The highest BCUT2D eigenvalue weighted by Gasteiger charge is 2.57. The van der Waals surface area contributed by atoms with Crippen LogP contribution in [0.15, 0.2) is 36.5 Å². The fourth-order valence-corrected chi connectivity index (χ4v) is 3.24. The van der Waals surface area contributed by atoms with Gasteiger partial charge in [0.1, 0.15) is 11.2 Å². The molecule has 0 aliphatic carbocycles. The van der Waals surface area contributed by atoms with Crippen molar-refractivity contribution in [3.63, 3.8) is 0 Å². The van der Waals surface area contributed by atoms with Gasteiger partial charge in [0.25, 0.3) is 5.92 Å². The molecular formula is C19H19F2N3O. The zero-order chi connectivity index (χ0) is 18.2. The molecule has 1 N–H and O–H groups in total. The molecule has 0 saturated carbocycles. The number of halogens is 2. The van der Waals surface area contributed by atoms with Crippen LogP contribution >= 0.6 is 0 Å². The third-order valence-electron chi connectivity index (χ3n) is 4.51. The summed E-state index contributed by atoms with van der Waals surface area (Å²) in [4.78, 5) is 4.23. The standard InChI is InChI=1S/C19H19F2N3O/c1-12(2)25-11-19(18(3,20)21)14-5-4-8-23-17(14)24-16-7-6-13(10-22)9-15(16)19/h4-9,12H,11H2,1-3H3,(H,23,24)/t19-/m0/s1. The van der Waals surface area contributed by atoms with Crippen molar-refractivity contribution >= 4 is 11.5 Å². The van der Waals surface area contributed by atoms with E-state index in [2.05, 4.69) is 10.3 Å². The van der Waals surface area contributed by atoms with Gasteiger partial charge in [0, 0.05) is 24.4 Å². The monoisotopic (exact) mass is 343 g/mol. The largest absolute Gasteiger partial charge is 0.377 e. The third-order valence-corrected chi connectivity index (χ3v) is 4.51. The molecule has 1 atom stereocenters. The van der Waals surface area contributed by atoms with Gasteiger partial charge in [-0.15, -0.1) is 0 Å². The highest BCUT2D eigenvalue weighted by Crippen LogP contribution is 2.53. The van der Waals surface area contributed by atoms with Crippen LogP contribution in [0.4, 0.5) is 20.3 Å². The number of nitrogens with one attached hydrogen (secondary N) is 1. The fraction of sp³-hybridized carbons (Fsp3) is 0.368. The summed E-state index contributed by atoms with van der Waals surface area (Å²) in [6.07, 6.45) is 1.35. The van der Waals surface area contributed by atoms with Crippen LogP contribution in [0.5, 0.6) is 0 Å². The number of nitriles is 1. The molecule has 3 rings (SSSR count). The van der Waals surface area contributed by atoms with Gasteiger partial charge in [-0.05, 0) is 43.7 Å². The van der Waals surface area contributed by atoms with Crippen LogP contribution in [0.2, 0.25) is 0 Å². The summed E-state index contributed by atoms with van der Waals surface area (Å²) < 4.78 is 35.9. The number of pyridine rings is 1. The highest BCUT2D eigenvalue weighted by atomic mass is 19.3. The minimum atomic E-state index is -3.13. The number of alkyl halides is 2. The van der Waals surface area contributed by atoms with Gasteiger partial charge < -0.3 is 10.1 Å². The summed E-state index contributed by atoms with van der Waals surface area (Å²) in [6.45, 7) is 4.29. The maximum Gasteiger partial charge on any atom is 0.261 e. The molecule has 1 aliphatic rings. The van der Waals surface area contributed by atoms with Gasteiger partial charge in [0.2, 0.25) is 0 Å². The molecule has 0 unspecified atom stereocenters. The van der Waals surface area contributed by atoms with Crippen molar-refractivity contribution in [1.82, 2.24) is 4.98 Å². The normalized spacial score (nSPS) is 18.9. The lowest BCUT2D eigenvalue weighted by atomic mass is 9.68. The van der Waals surface area contributed by atoms with E-state index in [4.69, 9.17) is 4.74 Å². The molecule has 1 aliphatic heterocycles. The van der Waals surface area contributed by atoms with E-state index in [1.54, 1.807) is 44.3 Å². The molecule has 6 heteroatoms. The Morgan fingerprint density at radius 3 is 2.72 bits per heavy atom. The molecule has 1 aromatic heterocycles. The van der Waals surface area contributed by atoms with Crippen LogP contribution in [0.3, 0.4) is 0 Å². The van der Waals surface area contributed by atoms with Crippen LogP contribution in [0.25, 0.3) is 0 Å². The predicted octanol–water partition coefficient (Wildman–Crippen LogP) is 4.38. The number of hydrogen-bond acceptors (Lipinski definition) is 4. The molecule has 130 valence electrons. The Morgan fingerprint density at radius 2 is 2.08 bits per heavy atom. The topological polar surface area (TPSA) is 57.9 Å². The first kappa shape index (κ1) is 17.3. The predicted molar refractivity (Wildman–Crippen MR) is 91.2 cm³/mol. The van der Waals surface area contributed by atoms with E-state index in [1.807, 2.05) is 6.07 Å². The molecule has 2 aromatic rings. The number of aromatic nitrogens is 1. The molecule has 0 fully saturated rings. The van der Waals surface area contributed by atoms with Gasteiger partial charge in [0.05, 0.1) is 24.3 Å². The first-order valence-electron chi connectivity index (χ1n) is 8.06. The van der Waals surface area contributed by atoms with E-state index < -0.39 is 11.3 Å². The lowest BCUT2D eigenvalue weighted by molar-refractivity contribution is -0.0868. The summed E-state index contributed by atoms with van der Waals surface area (Å²) in [5.41, 5.74) is -0.176. The van der Waals surface area contributed by atoms with Crippen molar-refractivity contribution in [3.8, 4) is 6.07 Å². The van der Waals surface area contributed by atoms with Gasteiger partial charge in [-0.2, -0.15) is 5.26 Å². The fourth-order valence-electron chi connectivity index (χ4n) is 3.24. The maximum absolute atomic E-state index is 15.1. The van der Waals surface area contributed by atoms with Crippen molar-refractivity contribution in [2.45, 2.75) is 38.2 Å². The smallest absolute Gasteiger partial charge is 0.261 e. The van der Waals surface area contributed by atoms with Gasteiger partial charge in [-0.25, -0.2) is 13.8 Å². The Hall–Kier alpha value is -2.52. The van der Waals surface area contributed by atoms with Gasteiger partial charge in [-0.1, -0.05) is 6.07 Å². The van der Waals surface area contributed by atoms with Crippen LogP contribution in [0.1, 0.15) is 37.5 Å². The second-order valence-electron chi connectivity index (χ2n) is 6.55. The summed E-state index contributed by atoms with van der Waals surface area (Å²) >= 11 is 0. The summed E-state index contributed by atoms with van der Waals surface area (Å²) in [6, 6.07) is 10.1. The molecule has 0 bridgehead atoms. The van der Waals surface area contributed by atoms with Crippen LogP contribution in [-0.2, 0) is 10.2 Å². The Bertz CT molecular complexity index is 839. The van der Waals surface area contributed by atoms with E-state index in [-0.39, 0.29) is 12.7 Å². The number of fused-ring (bicyclic) bond motifs is 2. The number of nitrogens with zero attached hydrogens (tertiary/aromatic N) is 2. The Morgan fingerprint density at radius 1 is 1.32 bits per heavy atom. The maximum atomic E-state index is 15.1. The van der Waals surface area contributed by atoms with E-state index in [0.717, 1.165) is 6.92 Å². The second-order valence-corrected chi connectivity index (χ2v) is 6.55. The zero-order valence-electron chi connectivity index (χ0n) is 14.3. The molecule has 0 amide bonds. The van der Waals surface area contributed by atoms with Gasteiger partial charge in [-0.3, -0.25) is 0 Å². The lowest BCUT2D eigenvalue weighted by Crippen LogP contribution is -2.50. The number of anilines is 2. The van der Waals surface area contributed by atoms with Crippen molar-refractivity contribution < 1.29 is 13.5 Å². The average molecular weight is 343 g/mol. The molecular weight excluding hydrogens is 324 g/mol. The quantitative estimate of drug-likeness (QED) is 0.895. The van der Waals surface area contributed by atoms with Crippen LogP contribution in [-0.4, -0.2) is 23.6 Å². The summed E-state index contributed by atoms with van der Waals surface area (Å²) in [5, 5.41) is 12.3. The van der Waals surface area contributed by atoms with Crippen molar-refractivity contribution in [3.05, 3.63) is 53.2 Å². The van der Waals surface area contributed by atoms with E-state index in [0.29, 0.717) is 28.2 Å². The molecule has 4 nitrogen and oxygen atoms in total. The summed E-state index contributed by atoms with van der Waals surface area (Å²) in [7, 11) is 0. The van der Waals surface area contributed by atoms with Gasteiger partial charge >= 0.3 is 0 Å². The van der Waals surface area contributed by atoms with E-state index in [9.17, 15) is 5.26 Å². The van der Waals surface area contributed by atoms with Crippen molar-refractivity contribution in [2.24, 2.45) is 0 Å². The Balaban J connectivity index is 2.33. The van der Waals surface area contributed by atoms with Crippen LogP contribution < -0.4 is 5.32 Å². The number of ether oxygens (including phenoxy) is 1. The molecule has 0 saturated heterocycles. The molecule has 1 aromatic carbocycles. The third kappa shape index (κ3) is 2.75.